The summed E-state index contributed by atoms with van der Waals surface area (Å²) in [5, 5.41) is 7.05. The summed E-state index contributed by atoms with van der Waals surface area (Å²) >= 11 is 0. The SMILES string of the molecule is Cc1ccccc1CCNC1CCNCC1. The van der Waals surface area contributed by atoms with Crippen LogP contribution in [0.1, 0.15) is 24.0 Å². The summed E-state index contributed by atoms with van der Waals surface area (Å²) in [6, 6.07) is 9.40. The van der Waals surface area contributed by atoms with Gasteiger partial charge in [0.05, 0.1) is 0 Å². The molecule has 0 aliphatic carbocycles. The normalized spacial score (nSPS) is 17.6. The lowest BCUT2D eigenvalue weighted by atomic mass is 10.0. The van der Waals surface area contributed by atoms with Gasteiger partial charge in [-0.2, -0.15) is 0 Å². The second-order valence-electron chi connectivity index (χ2n) is 4.65. The van der Waals surface area contributed by atoms with Crippen LogP contribution in [0.5, 0.6) is 0 Å². The Kier molecular flexibility index (Phi) is 4.37. The Morgan fingerprint density at radius 1 is 1.25 bits per heavy atom. The first-order valence-electron chi connectivity index (χ1n) is 6.35. The van der Waals surface area contributed by atoms with Crippen LogP contribution < -0.4 is 10.6 Å². The molecule has 1 aliphatic rings. The van der Waals surface area contributed by atoms with Gasteiger partial charge in [-0.3, -0.25) is 0 Å². The Bertz CT molecular complexity index is 316. The van der Waals surface area contributed by atoms with Gasteiger partial charge in [-0.1, -0.05) is 24.3 Å². The highest BCUT2D eigenvalue weighted by atomic mass is 15.0. The lowest BCUT2D eigenvalue weighted by Gasteiger charge is -2.23. The monoisotopic (exact) mass is 218 g/mol. The van der Waals surface area contributed by atoms with Gasteiger partial charge in [0.15, 0.2) is 0 Å². The Balaban J connectivity index is 1.73. The number of benzene rings is 1. The average Bonchev–Trinajstić information content (AvgIpc) is 2.33. The molecule has 1 heterocycles. The van der Waals surface area contributed by atoms with Crippen LogP contribution in [0.2, 0.25) is 0 Å². The van der Waals surface area contributed by atoms with Crippen molar-refractivity contribution in [3.8, 4) is 0 Å². The van der Waals surface area contributed by atoms with Crippen LogP contribution >= 0.6 is 0 Å². The number of hydrogen-bond donors (Lipinski definition) is 2. The minimum absolute atomic E-state index is 0.727. The molecule has 1 fully saturated rings. The van der Waals surface area contributed by atoms with Gasteiger partial charge in [-0.15, -0.1) is 0 Å². The van der Waals surface area contributed by atoms with E-state index in [1.807, 2.05) is 0 Å². The second kappa shape index (κ2) is 6.02. The largest absolute Gasteiger partial charge is 0.317 e. The maximum absolute atomic E-state index is 3.66. The fraction of sp³-hybridized carbons (Fsp3) is 0.571. The molecule has 0 aromatic heterocycles. The van der Waals surface area contributed by atoms with Gasteiger partial charge in [0.25, 0.3) is 0 Å². The molecule has 1 aromatic rings. The van der Waals surface area contributed by atoms with Crippen molar-refractivity contribution in [2.75, 3.05) is 19.6 Å². The van der Waals surface area contributed by atoms with Gasteiger partial charge in [0, 0.05) is 6.04 Å². The van der Waals surface area contributed by atoms with E-state index in [1.54, 1.807) is 0 Å². The molecule has 2 nitrogen and oxygen atoms in total. The van der Waals surface area contributed by atoms with Gasteiger partial charge < -0.3 is 10.6 Å². The molecule has 2 N–H and O–H groups in total. The Hall–Kier alpha value is -0.860. The van der Waals surface area contributed by atoms with Crippen molar-refractivity contribution < 1.29 is 0 Å². The van der Waals surface area contributed by atoms with Gasteiger partial charge in [0.1, 0.15) is 0 Å². The minimum atomic E-state index is 0.727. The topological polar surface area (TPSA) is 24.1 Å². The maximum Gasteiger partial charge on any atom is 0.00913 e. The van der Waals surface area contributed by atoms with Crippen molar-refractivity contribution in [3.63, 3.8) is 0 Å². The fourth-order valence-electron chi connectivity index (χ4n) is 2.33. The van der Waals surface area contributed by atoms with E-state index in [0.717, 1.165) is 19.0 Å². The van der Waals surface area contributed by atoms with Crippen LogP contribution in [0.3, 0.4) is 0 Å². The molecule has 0 saturated carbocycles. The highest BCUT2D eigenvalue weighted by Crippen LogP contribution is 2.08. The summed E-state index contributed by atoms with van der Waals surface area (Å²) in [5.41, 5.74) is 2.89. The number of hydrogen-bond acceptors (Lipinski definition) is 2. The maximum atomic E-state index is 3.66. The van der Waals surface area contributed by atoms with E-state index in [0.29, 0.717) is 0 Å². The van der Waals surface area contributed by atoms with Gasteiger partial charge in [-0.25, -0.2) is 0 Å². The highest BCUT2D eigenvalue weighted by Gasteiger charge is 2.11. The van der Waals surface area contributed by atoms with Crippen LogP contribution in [0.4, 0.5) is 0 Å². The lowest BCUT2D eigenvalue weighted by molar-refractivity contribution is 0.389. The summed E-state index contributed by atoms with van der Waals surface area (Å²) in [6.07, 6.45) is 3.69. The molecule has 0 atom stereocenters. The molecule has 1 saturated heterocycles. The highest BCUT2D eigenvalue weighted by molar-refractivity contribution is 5.25. The zero-order valence-corrected chi connectivity index (χ0v) is 10.1. The van der Waals surface area contributed by atoms with Crippen LogP contribution in [-0.4, -0.2) is 25.7 Å². The molecule has 0 spiro atoms. The first kappa shape index (κ1) is 11.6. The zero-order valence-electron chi connectivity index (χ0n) is 10.1. The molecule has 2 rings (SSSR count). The first-order chi connectivity index (χ1) is 7.86. The predicted molar refractivity (Wildman–Crippen MR) is 68.8 cm³/mol. The van der Waals surface area contributed by atoms with Crippen LogP contribution in [0, 0.1) is 6.92 Å². The van der Waals surface area contributed by atoms with Gasteiger partial charge >= 0.3 is 0 Å². The third-order valence-corrected chi connectivity index (χ3v) is 3.43. The third kappa shape index (κ3) is 3.32. The van der Waals surface area contributed by atoms with Crippen molar-refractivity contribution in [2.24, 2.45) is 0 Å². The first-order valence-corrected chi connectivity index (χ1v) is 6.35. The number of rotatable bonds is 4. The number of piperidine rings is 1. The second-order valence-corrected chi connectivity index (χ2v) is 4.65. The van der Waals surface area contributed by atoms with Gasteiger partial charge in [0.2, 0.25) is 0 Å². The number of nitrogens with one attached hydrogen (secondary N) is 2. The molecular formula is C14H22N2. The van der Waals surface area contributed by atoms with Crippen molar-refractivity contribution in [1.29, 1.82) is 0 Å². The molecule has 0 amide bonds. The van der Waals surface area contributed by atoms with Crippen molar-refractivity contribution in [1.82, 2.24) is 10.6 Å². The van der Waals surface area contributed by atoms with Crippen LogP contribution in [0.15, 0.2) is 24.3 Å². The molecule has 2 heteroatoms. The van der Waals surface area contributed by atoms with E-state index in [-0.39, 0.29) is 0 Å². The molecular weight excluding hydrogens is 196 g/mol. The average molecular weight is 218 g/mol. The molecule has 0 bridgehead atoms. The van der Waals surface area contributed by atoms with Crippen LogP contribution in [0.25, 0.3) is 0 Å². The Morgan fingerprint density at radius 3 is 2.75 bits per heavy atom. The standard InChI is InChI=1S/C14H22N2/c1-12-4-2-3-5-13(12)6-11-16-14-7-9-15-10-8-14/h2-5,14-16H,6-11H2,1H3. The van der Waals surface area contributed by atoms with E-state index in [9.17, 15) is 0 Å². The minimum Gasteiger partial charge on any atom is -0.317 e. The Labute approximate surface area is 98.4 Å². The number of aryl methyl sites for hydroxylation is 1. The van der Waals surface area contributed by atoms with Gasteiger partial charge in [-0.05, 0) is 56.9 Å². The van der Waals surface area contributed by atoms with Crippen molar-refractivity contribution >= 4 is 0 Å². The molecule has 0 unspecified atom stereocenters. The third-order valence-electron chi connectivity index (χ3n) is 3.43. The summed E-state index contributed by atoms with van der Waals surface area (Å²) < 4.78 is 0. The van der Waals surface area contributed by atoms with Crippen molar-refractivity contribution in [3.05, 3.63) is 35.4 Å². The van der Waals surface area contributed by atoms with E-state index >= 15 is 0 Å². The quantitative estimate of drug-likeness (QED) is 0.806. The smallest absolute Gasteiger partial charge is 0.00913 e. The van der Waals surface area contributed by atoms with E-state index in [1.165, 1.54) is 37.1 Å². The van der Waals surface area contributed by atoms with E-state index < -0.39 is 0 Å². The van der Waals surface area contributed by atoms with E-state index in [4.69, 9.17) is 0 Å². The summed E-state index contributed by atoms with van der Waals surface area (Å²) in [6.45, 7) is 5.64. The molecule has 0 radical (unpaired) electrons. The zero-order chi connectivity index (χ0) is 11.2. The van der Waals surface area contributed by atoms with Crippen LogP contribution in [-0.2, 0) is 6.42 Å². The summed E-state index contributed by atoms with van der Waals surface area (Å²) in [7, 11) is 0. The summed E-state index contributed by atoms with van der Waals surface area (Å²) in [4.78, 5) is 0. The summed E-state index contributed by atoms with van der Waals surface area (Å²) in [5.74, 6) is 0. The predicted octanol–water partition coefficient (Wildman–Crippen LogP) is 1.88. The molecule has 88 valence electrons. The van der Waals surface area contributed by atoms with Crippen molar-refractivity contribution in [2.45, 2.75) is 32.2 Å². The molecule has 1 aliphatic heterocycles. The lowest BCUT2D eigenvalue weighted by Crippen LogP contribution is -2.40. The molecule has 1 aromatic carbocycles. The fourth-order valence-corrected chi connectivity index (χ4v) is 2.33. The molecule has 16 heavy (non-hydrogen) atoms. The Morgan fingerprint density at radius 2 is 2.00 bits per heavy atom. The van der Waals surface area contributed by atoms with E-state index in [2.05, 4.69) is 41.8 Å².